The van der Waals surface area contributed by atoms with Crippen molar-refractivity contribution < 1.29 is 4.79 Å². The van der Waals surface area contributed by atoms with E-state index in [-0.39, 0.29) is 5.91 Å². The quantitative estimate of drug-likeness (QED) is 0.820. The summed E-state index contributed by atoms with van der Waals surface area (Å²) in [6.07, 6.45) is 5.20. The van der Waals surface area contributed by atoms with Gasteiger partial charge in [-0.1, -0.05) is 25.5 Å². The monoisotopic (exact) mass is 292 g/mol. The lowest BCUT2D eigenvalue weighted by atomic mass is 9.94. The first kappa shape index (κ1) is 15.2. The number of nitrogen functional groups attached to an aromatic ring is 1. The molecule has 110 valence electrons. The summed E-state index contributed by atoms with van der Waals surface area (Å²) in [6, 6.07) is 7.89. The van der Waals surface area contributed by atoms with Gasteiger partial charge in [-0.25, -0.2) is 0 Å². The zero-order valence-electron chi connectivity index (χ0n) is 12.1. The Hall–Kier alpha value is -1.16. The Morgan fingerprint density at radius 2 is 2.10 bits per heavy atom. The molecule has 1 saturated carbocycles. The fourth-order valence-electron chi connectivity index (χ4n) is 2.76. The van der Waals surface area contributed by atoms with Crippen LogP contribution >= 0.6 is 11.8 Å². The van der Waals surface area contributed by atoms with Gasteiger partial charge in [-0.2, -0.15) is 11.8 Å². The van der Waals surface area contributed by atoms with Crippen LogP contribution in [0.5, 0.6) is 0 Å². The van der Waals surface area contributed by atoms with Crippen molar-refractivity contribution >= 4 is 23.4 Å². The highest BCUT2D eigenvalue weighted by Crippen LogP contribution is 2.28. The largest absolute Gasteiger partial charge is 0.399 e. The average molecular weight is 292 g/mol. The number of rotatable bonds is 5. The molecule has 0 saturated heterocycles. The summed E-state index contributed by atoms with van der Waals surface area (Å²) in [4.78, 5) is 12.1. The van der Waals surface area contributed by atoms with Crippen molar-refractivity contribution in [3.8, 4) is 0 Å². The summed E-state index contributed by atoms with van der Waals surface area (Å²) < 4.78 is 0. The minimum Gasteiger partial charge on any atom is -0.399 e. The zero-order valence-corrected chi connectivity index (χ0v) is 12.9. The number of anilines is 1. The summed E-state index contributed by atoms with van der Waals surface area (Å²) in [5.74, 6) is 1.29. The molecule has 1 aliphatic rings. The van der Waals surface area contributed by atoms with Crippen LogP contribution in [0.4, 0.5) is 5.69 Å². The molecule has 3 nitrogen and oxygen atoms in total. The summed E-state index contributed by atoms with van der Waals surface area (Å²) in [7, 11) is 0. The molecule has 0 bridgehead atoms. The van der Waals surface area contributed by atoms with E-state index in [4.69, 9.17) is 5.73 Å². The molecule has 0 aliphatic heterocycles. The molecule has 2 unspecified atom stereocenters. The summed E-state index contributed by atoms with van der Waals surface area (Å²) in [5.41, 5.74) is 7.41. The van der Waals surface area contributed by atoms with Gasteiger partial charge in [0.15, 0.2) is 0 Å². The Balaban J connectivity index is 1.80. The number of thioether (sulfide) groups is 1. The average Bonchev–Trinajstić information content (AvgIpc) is 2.42. The SMILES string of the molecule is CCSC1CCCC(NC(=O)Cc2ccc(N)cc2)C1. The molecule has 2 atom stereocenters. The van der Waals surface area contributed by atoms with E-state index in [1.165, 1.54) is 12.8 Å². The molecule has 20 heavy (non-hydrogen) atoms. The van der Waals surface area contributed by atoms with Crippen molar-refractivity contribution in [3.05, 3.63) is 29.8 Å². The number of nitrogens with one attached hydrogen (secondary N) is 1. The molecule has 2 rings (SSSR count). The molecule has 0 heterocycles. The van der Waals surface area contributed by atoms with Crippen molar-refractivity contribution in [2.75, 3.05) is 11.5 Å². The van der Waals surface area contributed by atoms with Gasteiger partial charge >= 0.3 is 0 Å². The second-order valence-electron chi connectivity index (χ2n) is 5.43. The highest BCUT2D eigenvalue weighted by atomic mass is 32.2. The predicted octanol–water partition coefficient (Wildman–Crippen LogP) is 2.99. The standard InChI is InChI=1S/C16H24N2OS/c1-2-20-15-5-3-4-14(11-15)18-16(19)10-12-6-8-13(17)9-7-12/h6-9,14-15H,2-5,10-11,17H2,1H3,(H,18,19). The maximum Gasteiger partial charge on any atom is 0.224 e. The van der Waals surface area contributed by atoms with E-state index in [1.807, 2.05) is 36.0 Å². The fourth-order valence-corrected chi connectivity index (χ4v) is 3.94. The van der Waals surface area contributed by atoms with Crippen LogP contribution in [0.25, 0.3) is 0 Å². The van der Waals surface area contributed by atoms with Crippen LogP contribution < -0.4 is 11.1 Å². The van der Waals surface area contributed by atoms with E-state index in [1.54, 1.807) is 0 Å². The molecule has 1 aliphatic carbocycles. The van der Waals surface area contributed by atoms with Crippen LogP contribution in [0.3, 0.4) is 0 Å². The van der Waals surface area contributed by atoms with Gasteiger partial charge < -0.3 is 11.1 Å². The second kappa shape index (κ2) is 7.58. The number of nitrogens with two attached hydrogens (primary N) is 1. The van der Waals surface area contributed by atoms with Gasteiger partial charge in [0, 0.05) is 17.0 Å². The summed E-state index contributed by atoms with van der Waals surface area (Å²) >= 11 is 2.02. The van der Waals surface area contributed by atoms with E-state index in [9.17, 15) is 4.79 Å². The molecule has 0 aromatic heterocycles. The third-order valence-corrected chi connectivity index (χ3v) is 4.97. The van der Waals surface area contributed by atoms with Crippen molar-refractivity contribution in [1.29, 1.82) is 0 Å². The van der Waals surface area contributed by atoms with E-state index >= 15 is 0 Å². The maximum atomic E-state index is 12.1. The van der Waals surface area contributed by atoms with Crippen molar-refractivity contribution in [1.82, 2.24) is 5.32 Å². The predicted molar refractivity (Wildman–Crippen MR) is 86.9 cm³/mol. The van der Waals surface area contributed by atoms with Gasteiger partial charge in [0.2, 0.25) is 5.91 Å². The summed E-state index contributed by atoms with van der Waals surface area (Å²) in [6.45, 7) is 2.20. The molecule has 1 fully saturated rings. The lowest BCUT2D eigenvalue weighted by Gasteiger charge is -2.29. The van der Waals surface area contributed by atoms with Gasteiger partial charge in [0.1, 0.15) is 0 Å². The Bertz CT molecular complexity index is 431. The third kappa shape index (κ3) is 4.75. The minimum absolute atomic E-state index is 0.127. The van der Waals surface area contributed by atoms with Crippen LogP contribution in [0.2, 0.25) is 0 Å². The number of hydrogen-bond acceptors (Lipinski definition) is 3. The van der Waals surface area contributed by atoms with E-state index < -0.39 is 0 Å². The van der Waals surface area contributed by atoms with Crippen LogP contribution in [-0.4, -0.2) is 23.0 Å². The highest BCUT2D eigenvalue weighted by Gasteiger charge is 2.23. The molecular formula is C16H24N2OS. The van der Waals surface area contributed by atoms with Crippen molar-refractivity contribution in [2.24, 2.45) is 0 Å². The number of amides is 1. The number of hydrogen-bond donors (Lipinski definition) is 2. The van der Waals surface area contributed by atoms with Crippen LogP contribution in [-0.2, 0) is 11.2 Å². The van der Waals surface area contributed by atoms with Gasteiger partial charge in [-0.05, 0) is 42.7 Å². The minimum atomic E-state index is 0.127. The van der Waals surface area contributed by atoms with Gasteiger partial charge in [0.05, 0.1) is 6.42 Å². The van der Waals surface area contributed by atoms with Crippen molar-refractivity contribution in [2.45, 2.75) is 50.3 Å². The zero-order chi connectivity index (χ0) is 14.4. The molecule has 1 aromatic rings. The lowest BCUT2D eigenvalue weighted by Crippen LogP contribution is -2.39. The van der Waals surface area contributed by atoms with Crippen LogP contribution in [0.15, 0.2) is 24.3 Å². The van der Waals surface area contributed by atoms with E-state index in [2.05, 4.69) is 12.2 Å². The first-order chi connectivity index (χ1) is 9.67. The Kier molecular flexibility index (Phi) is 5.77. The smallest absolute Gasteiger partial charge is 0.224 e. The Labute approximate surface area is 125 Å². The topological polar surface area (TPSA) is 55.1 Å². The first-order valence-corrected chi connectivity index (χ1v) is 8.47. The molecule has 1 amide bonds. The first-order valence-electron chi connectivity index (χ1n) is 7.42. The van der Waals surface area contributed by atoms with Crippen molar-refractivity contribution in [3.63, 3.8) is 0 Å². The normalized spacial score (nSPS) is 22.4. The maximum absolute atomic E-state index is 12.1. The molecule has 0 spiro atoms. The van der Waals surface area contributed by atoms with Crippen LogP contribution in [0, 0.1) is 0 Å². The molecule has 4 heteroatoms. The number of benzene rings is 1. The third-order valence-electron chi connectivity index (χ3n) is 3.74. The Morgan fingerprint density at radius 3 is 2.80 bits per heavy atom. The number of carbonyl (C=O) groups excluding carboxylic acids is 1. The highest BCUT2D eigenvalue weighted by molar-refractivity contribution is 7.99. The van der Waals surface area contributed by atoms with Crippen LogP contribution in [0.1, 0.15) is 38.2 Å². The molecule has 1 aromatic carbocycles. The van der Waals surface area contributed by atoms with Gasteiger partial charge in [-0.3, -0.25) is 4.79 Å². The molecular weight excluding hydrogens is 268 g/mol. The fraction of sp³-hybridized carbons (Fsp3) is 0.562. The molecule has 0 radical (unpaired) electrons. The number of carbonyl (C=O) groups is 1. The lowest BCUT2D eigenvalue weighted by molar-refractivity contribution is -0.121. The van der Waals surface area contributed by atoms with Gasteiger partial charge in [0.25, 0.3) is 0 Å². The van der Waals surface area contributed by atoms with E-state index in [0.717, 1.165) is 35.1 Å². The second-order valence-corrected chi connectivity index (χ2v) is 7.00. The Morgan fingerprint density at radius 1 is 1.35 bits per heavy atom. The van der Waals surface area contributed by atoms with Gasteiger partial charge in [-0.15, -0.1) is 0 Å². The summed E-state index contributed by atoms with van der Waals surface area (Å²) in [5, 5.41) is 3.90. The molecule has 3 N–H and O–H groups in total. The van der Waals surface area contributed by atoms with E-state index in [0.29, 0.717) is 12.5 Å².